The van der Waals surface area contributed by atoms with Crippen LogP contribution >= 0.6 is 12.2 Å². The number of carbonyl (C=O) groups is 1. The number of amides is 1. The van der Waals surface area contributed by atoms with Crippen LogP contribution in [0.1, 0.15) is 52.4 Å². The molecule has 3 rings (SSSR count). The number of piperidine rings is 1. The van der Waals surface area contributed by atoms with E-state index in [0.29, 0.717) is 11.4 Å². The second-order valence-electron chi connectivity index (χ2n) is 9.77. The van der Waals surface area contributed by atoms with E-state index in [4.69, 9.17) is 22.1 Å². The van der Waals surface area contributed by atoms with E-state index in [1.165, 1.54) is 12.1 Å². The Kier molecular flexibility index (Phi) is 7.92. The Morgan fingerprint density at radius 3 is 2.42 bits per heavy atom. The predicted octanol–water partition coefficient (Wildman–Crippen LogP) is 4.11. The van der Waals surface area contributed by atoms with E-state index in [0.717, 1.165) is 37.4 Å². The summed E-state index contributed by atoms with van der Waals surface area (Å²) in [5, 5.41) is 7.81. The lowest BCUT2D eigenvalue weighted by molar-refractivity contribution is 0.0470. The van der Waals surface area contributed by atoms with Crippen molar-refractivity contribution in [1.82, 2.24) is 29.5 Å². The molecule has 1 N–H and O–H groups in total. The maximum Gasteiger partial charge on any atom is 0.407 e. The van der Waals surface area contributed by atoms with Crippen LogP contribution in [-0.2, 0) is 11.4 Å². The fourth-order valence-electron chi connectivity index (χ4n) is 3.73. The lowest BCUT2D eigenvalue weighted by Gasteiger charge is -2.32. The molecule has 33 heavy (non-hydrogen) atoms. The minimum absolute atomic E-state index is 0.0155. The molecule has 2 aromatic rings. The standard InChI is InChI=1S/C23H35FN6O2S/c1-16(27(5)6)20-26-29(22(33)30(20)19-9-7-17(24)8-10-19)15-28-13-11-18(12-14-28)25-21(31)32-23(2,3)4/h7-10,16,18H,11-15H2,1-6H3,(H,25,31). The highest BCUT2D eigenvalue weighted by atomic mass is 32.1. The van der Waals surface area contributed by atoms with Crippen LogP contribution < -0.4 is 5.32 Å². The molecule has 182 valence electrons. The Balaban J connectivity index is 1.72. The molecule has 0 saturated carbocycles. The topological polar surface area (TPSA) is 67.6 Å². The van der Waals surface area contributed by atoms with Crippen molar-refractivity contribution < 1.29 is 13.9 Å². The molecule has 1 unspecified atom stereocenters. The van der Waals surface area contributed by atoms with Crippen LogP contribution in [0.25, 0.3) is 5.69 Å². The van der Waals surface area contributed by atoms with Crippen molar-refractivity contribution in [3.05, 3.63) is 40.7 Å². The summed E-state index contributed by atoms with van der Waals surface area (Å²) in [7, 11) is 3.98. The lowest BCUT2D eigenvalue weighted by atomic mass is 10.1. The molecule has 1 aliphatic rings. The normalized spacial score (nSPS) is 16.7. The maximum absolute atomic E-state index is 13.5. The molecule has 2 heterocycles. The monoisotopic (exact) mass is 478 g/mol. The summed E-state index contributed by atoms with van der Waals surface area (Å²) in [6.45, 7) is 9.81. The summed E-state index contributed by atoms with van der Waals surface area (Å²) in [6.07, 6.45) is 1.28. The average Bonchev–Trinajstić information content (AvgIpc) is 3.04. The fraction of sp³-hybridized carbons (Fsp3) is 0.609. The summed E-state index contributed by atoms with van der Waals surface area (Å²) in [6, 6.07) is 6.40. The zero-order chi connectivity index (χ0) is 24.3. The van der Waals surface area contributed by atoms with Crippen molar-refractivity contribution in [3.63, 3.8) is 0 Å². The predicted molar refractivity (Wildman–Crippen MR) is 128 cm³/mol. The number of nitrogens with zero attached hydrogens (tertiary/aromatic N) is 5. The third-order valence-electron chi connectivity index (χ3n) is 5.74. The van der Waals surface area contributed by atoms with Crippen LogP contribution in [0.3, 0.4) is 0 Å². The smallest absolute Gasteiger partial charge is 0.407 e. The number of carbonyl (C=O) groups excluding carboxylic acids is 1. The van der Waals surface area contributed by atoms with Crippen molar-refractivity contribution in [2.75, 3.05) is 27.2 Å². The lowest BCUT2D eigenvalue weighted by Crippen LogP contribution is -2.46. The summed E-state index contributed by atoms with van der Waals surface area (Å²) >= 11 is 5.78. The van der Waals surface area contributed by atoms with Crippen LogP contribution in [0.2, 0.25) is 0 Å². The van der Waals surface area contributed by atoms with E-state index in [1.54, 1.807) is 12.1 Å². The van der Waals surface area contributed by atoms with Gasteiger partial charge in [-0.1, -0.05) is 0 Å². The molecule has 1 fully saturated rings. The van der Waals surface area contributed by atoms with Gasteiger partial charge in [-0.15, -0.1) is 0 Å². The molecule has 1 aromatic heterocycles. The molecule has 0 aliphatic carbocycles. The molecule has 1 aromatic carbocycles. The van der Waals surface area contributed by atoms with Crippen molar-refractivity contribution in [3.8, 4) is 5.69 Å². The molecule has 1 atom stereocenters. The molecule has 1 amide bonds. The molecule has 0 radical (unpaired) electrons. The van der Waals surface area contributed by atoms with Crippen LogP contribution in [0, 0.1) is 10.6 Å². The summed E-state index contributed by atoms with van der Waals surface area (Å²) in [5.74, 6) is 0.515. The number of alkyl carbamates (subject to hydrolysis) is 1. The SMILES string of the molecule is CC(c1nn(CN2CCC(NC(=O)OC(C)(C)C)CC2)c(=S)n1-c1ccc(F)cc1)N(C)C. The van der Waals surface area contributed by atoms with Crippen LogP contribution in [0.5, 0.6) is 0 Å². The fourth-order valence-corrected chi connectivity index (χ4v) is 4.03. The minimum atomic E-state index is -0.508. The van der Waals surface area contributed by atoms with E-state index in [9.17, 15) is 9.18 Å². The van der Waals surface area contributed by atoms with Crippen LogP contribution in [0.4, 0.5) is 9.18 Å². The highest BCUT2D eigenvalue weighted by Gasteiger charge is 2.25. The molecule has 1 saturated heterocycles. The molecule has 8 nitrogen and oxygen atoms in total. The molecular weight excluding hydrogens is 443 g/mol. The first-order valence-corrected chi connectivity index (χ1v) is 11.7. The van der Waals surface area contributed by atoms with Gasteiger partial charge in [0.05, 0.1) is 12.7 Å². The van der Waals surface area contributed by atoms with Gasteiger partial charge in [-0.25, -0.2) is 13.9 Å². The van der Waals surface area contributed by atoms with Gasteiger partial charge < -0.3 is 10.1 Å². The van der Waals surface area contributed by atoms with Gasteiger partial charge in [0.25, 0.3) is 0 Å². The molecule has 0 spiro atoms. The minimum Gasteiger partial charge on any atom is -0.444 e. The van der Waals surface area contributed by atoms with Crippen LogP contribution in [-0.4, -0.2) is 69.1 Å². The van der Waals surface area contributed by atoms with Crippen molar-refractivity contribution in [1.29, 1.82) is 0 Å². The largest absolute Gasteiger partial charge is 0.444 e. The number of benzene rings is 1. The van der Waals surface area contributed by atoms with Gasteiger partial charge in [0.1, 0.15) is 11.4 Å². The Hall–Kier alpha value is -2.30. The molecule has 0 bridgehead atoms. The van der Waals surface area contributed by atoms with Crippen molar-refractivity contribution in [2.24, 2.45) is 0 Å². The van der Waals surface area contributed by atoms with Gasteiger partial charge >= 0.3 is 6.09 Å². The van der Waals surface area contributed by atoms with E-state index in [-0.39, 0.29) is 24.0 Å². The van der Waals surface area contributed by atoms with Gasteiger partial charge in [0.2, 0.25) is 4.77 Å². The first kappa shape index (κ1) is 25.3. The van der Waals surface area contributed by atoms with Gasteiger partial charge in [-0.3, -0.25) is 14.4 Å². The Morgan fingerprint density at radius 2 is 1.88 bits per heavy atom. The van der Waals surface area contributed by atoms with Crippen molar-refractivity contribution >= 4 is 18.3 Å². The highest BCUT2D eigenvalue weighted by molar-refractivity contribution is 7.71. The number of ether oxygens (including phenoxy) is 1. The van der Waals surface area contributed by atoms with E-state index >= 15 is 0 Å². The van der Waals surface area contributed by atoms with E-state index in [1.807, 2.05) is 44.1 Å². The second kappa shape index (κ2) is 10.3. The van der Waals surface area contributed by atoms with E-state index < -0.39 is 5.60 Å². The summed E-state index contributed by atoms with van der Waals surface area (Å²) < 4.78 is 23.2. The zero-order valence-electron chi connectivity index (χ0n) is 20.3. The third kappa shape index (κ3) is 6.61. The van der Waals surface area contributed by atoms with Gasteiger partial charge in [0, 0.05) is 24.8 Å². The van der Waals surface area contributed by atoms with Gasteiger partial charge in [-0.2, -0.15) is 5.10 Å². The zero-order valence-corrected chi connectivity index (χ0v) is 21.2. The maximum atomic E-state index is 13.5. The highest BCUT2D eigenvalue weighted by Crippen LogP contribution is 2.22. The second-order valence-corrected chi connectivity index (χ2v) is 10.1. The van der Waals surface area contributed by atoms with E-state index in [2.05, 4.69) is 22.0 Å². The Labute approximate surface area is 200 Å². The number of halogens is 1. The number of likely N-dealkylation sites (tertiary alicyclic amines) is 1. The number of rotatable bonds is 6. The molecule has 10 heteroatoms. The summed E-state index contributed by atoms with van der Waals surface area (Å²) in [4.78, 5) is 16.4. The first-order valence-electron chi connectivity index (χ1n) is 11.3. The average molecular weight is 479 g/mol. The number of nitrogens with one attached hydrogen (secondary N) is 1. The Bertz CT molecular complexity index is 1000. The number of hydrogen-bond donors (Lipinski definition) is 1. The van der Waals surface area contributed by atoms with Crippen molar-refractivity contribution in [2.45, 2.75) is 64.9 Å². The van der Waals surface area contributed by atoms with Gasteiger partial charge in [0.15, 0.2) is 5.82 Å². The van der Waals surface area contributed by atoms with Crippen LogP contribution in [0.15, 0.2) is 24.3 Å². The number of aromatic nitrogens is 3. The molecule has 1 aliphatic heterocycles. The molecular formula is C23H35FN6O2S. The first-order chi connectivity index (χ1) is 15.4. The Morgan fingerprint density at radius 1 is 1.27 bits per heavy atom. The quantitative estimate of drug-likeness (QED) is 0.631. The third-order valence-corrected chi connectivity index (χ3v) is 6.13. The van der Waals surface area contributed by atoms with Gasteiger partial charge in [-0.05, 0) is 91.1 Å². The summed E-state index contributed by atoms with van der Waals surface area (Å²) in [5.41, 5.74) is 0.281. The number of hydrogen-bond acceptors (Lipinski definition) is 6.